The lowest BCUT2D eigenvalue weighted by molar-refractivity contribution is -0.274. The number of aryl methyl sites for hydroxylation is 2. The minimum absolute atomic E-state index is 0.0924. The van der Waals surface area contributed by atoms with Crippen molar-refractivity contribution in [2.24, 2.45) is 0 Å². The van der Waals surface area contributed by atoms with Gasteiger partial charge in [-0.15, -0.1) is 13.2 Å². The zero-order chi connectivity index (χ0) is 24.6. The summed E-state index contributed by atoms with van der Waals surface area (Å²) in [5.74, 6) is -1.72. The Balaban J connectivity index is 1.72. The van der Waals surface area contributed by atoms with E-state index in [4.69, 9.17) is 0 Å². The molecular weight excluding hydrogens is 465 g/mol. The number of nitrogens with one attached hydrogen (secondary N) is 4. The first-order valence-electron chi connectivity index (χ1n) is 9.60. The van der Waals surface area contributed by atoms with E-state index in [0.717, 1.165) is 41.1 Å². The van der Waals surface area contributed by atoms with Crippen molar-refractivity contribution in [1.82, 2.24) is 15.6 Å². The van der Waals surface area contributed by atoms with Gasteiger partial charge in [0.1, 0.15) is 5.75 Å². The highest BCUT2D eigenvalue weighted by Crippen LogP contribution is 2.23. The van der Waals surface area contributed by atoms with Crippen LogP contribution in [0.15, 0.2) is 47.4 Å². The third kappa shape index (κ3) is 8.98. The number of amides is 2. The van der Waals surface area contributed by atoms with Gasteiger partial charge in [0.2, 0.25) is 15.9 Å². The van der Waals surface area contributed by atoms with Crippen molar-refractivity contribution in [3.63, 3.8) is 0 Å². The van der Waals surface area contributed by atoms with Gasteiger partial charge in [0.25, 0.3) is 5.91 Å². The van der Waals surface area contributed by atoms with Gasteiger partial charge < -0.3 is 10.1 Å². The van der Waals surface area contributed by atoms with Crippen molar-refractivity contribution in [2.45, 2.75) is 31.5 Å². The van der Waals surface area contributed by atoms with Crippen LogP contribution in [0.25, 0.3) is 0 Å². The van der Waals surface area contributed by atoms with Crippen LogP contribution in [0.5, 0.6) is 5.75 Å². The highest BCUT2D eigenvalue weighted by Gasteiger charge is 2.31. The second-order valence-corrected chi connectivity index (χ2v) is 8.70. The molecule has 0 saturated heterocycles. The molecule has 0 unspecified atom stereocenters. The summed E-state index contributed by atoms with van der Waals surface area (Å²) in [7, 11) is -4.06. The Hall–Kier alpha value is -3.32. The number of rotatable bonds is 9. The Morgan fingerprint density at radius 3 is 2.21 bits per heavy atom. The Morgan fingerprint density at radius 1 is 0.970 bits per heavy atom. The monoisotopic (exact) mass is 488 g/mol. The number of benzene rings is 2. The highest BCUT2D eigenvalue weighted by molar-refractivity contribution is 7.89. The molecule has 2 aromatic carbocycles. The molecule has 0 fully saturated rings. The Bertz CT molecular complexity index is 1090. The maximum atomic E-state index is 12.2. The van der Waals surface area contributed by atoms with Gasteiger partial charge in [-0.2, -0.15) is 0 Å². The summed E-state index contributed by atoms with van der Waals surface area (Å²) in [6, 6.07) is 9.26. The van der Waals surface area contributed by atoms with Gasteiger partial charge >= 0.3 is 6.36 Å². The molecule has 0 radical (unpaired) electrons. The summed E-state index contributed by atoms with van der Waals surface area (Å²) < 4.78 is 66.6. The van der Waals surface area contributed by atoms with Crippen molar-refractivity contribution in [2.75, 3.05) is 18.4 Å². The number of alkyl halides is 3. The Labute approximate surface area is 188 Å². The molecule has 9 nitrogen and oxygen atoms in total. The number of carbonyl (C=O) groups excluding carboxylic acids is 2. The van der Waals surface area contributed by atoms with Crippen LogP contribution < -0.4 is 25.6 Å². The van der Waals surface area contributed by atoms with Gasteiger partial charge in [0.05, 0.1) is 11.4 Å². The fourth-order valence-corrected chi connectivity index (χ4v) is 3.67. The third-order valence-corrected chi connectivity index (χ3v) is 5.65. The minimum Gasteiger partial charge on any atom is -0.406 e. The first-order valence-corrected chi connectivity index (χ1v) is 11.1. The van der Waals surface area contributed by atoms with Crippen molar-refractivity contribution in [1.29, 1.82) is 0 Å². The standard InChI is InChI=1S/C20H23F3N4O5S/c1-13-3-8-17(14(2)11-13)24-12-19(29)27-26-18(28)9-10-25-33(30,31)16-6-4-15(5-7-16)32-20(21,22)23/h3-8,11,24-25H,9-10,12H2,1-2H3,(H,26,28)(H,27,29). The van der Waals surface area contributed by atoms with E-state index in [1.54, 1.807) is 0 Å². The number of ether oxygens (including phenoxy) is 1. The lowest BCUT2D eigenvalue weighted by atomic mass is 10.1. The van der Waals surface area contributed by atoms with Crippen LogP contribution in [0.4, 0.5) is 18.9 Å². The molecule has 0 aliphatic heterocycles. The van der Waals surface area contributed by atoms with E-state index in [2.05, 4.69) is 25.6 Å². The molecule has 33 heavy (non-hydrogen) atoms. The van der Waals surface area contributed by atoms with Crippen LogP contribution in [0.2, 0.25) is 0 Å². The zero-order valence-corrected chi connectivity index (χ0v) is 18.6. The molecule has 0 spiro atoms. The maximum absolute atomic E-state index is 12.2. The fraction of sp³-hybridized carbons (Fsp3) is 0.300. The molecule has 0 aliphatic rings. The van der Waals surface area contributed by atoms with Crippen LogP contribution in [0.1, 0.15) is 17.5 Å². The number of hydrogen-bond donors (Lipinski definition) is 4. The highest BCUT2D eigenvalue weighted by atomic mass is 32.2. The summed E-state index contributed by atoms with van der Waals surface area (Å²) >= 11 is 0. The summed E-state index contributed by atoms with van der Waals surface area (Å²) in [6.45, 7) is 3.44. The molecule has 2 aromatic rings. The van der Waals surface area contributed by atoms with Crippen molar-refractivity contribution >= 4 is 27.5 Å². The number of halogens is 3. The lowest BCUT2D eigenvalue weighted by Gasteiger charge is -2.12. The summed E-state index contributed by atoms with van der Waals surface area (Å²) in [6.07, 6.45) is -5.18. The van der Waals surface area contributed by atoms with E-state index in [9.17, 15) is 31.2 Å². The minimum atomic E-state index is -4.89. The molecule has 0 atom stereocenters. The van der Waals surface area contributed by atoms with E-state index < -0.39 is 33.9 Å². The smallest absolute Gasteiger partial charge is 0.406 e. The van der Waals surface area contributed by atoms with Crippen molar-refractivity contribution in [3.8, 4) is 5.75 Å². The van der Waals surface area contributed by atoms with Crippen LogP contribution in [-0.4, -0.2) is 39.7 Å². The number of hydrazine groups is 1. The number of anilines is 1. The average molecular weight is 488 g/mol. The van der Waals surface area contributed by atoms with Gasteiger partial charge in [-0.3, -0.25) is 20.4 Å². The largest absolute Gasteiger partial charge is 0.573 e. The fourth-order valence-electron chi connectivity index (χ4n) is 2.64. The second kappa shape index (κ2) is 11.0. The van der Waals surface area contributed by atoms with Crippen molar-refractivity contribution < 1.29 is 35.9 Å². The normalized spacial score (nSPS) is 11.5. The lowest BCUT2D eigenvalue weighted by Crippen LogP contribution is -2.45. The number of carbonyl (C=O) groups is 2. The predicted octanol–water partition coefficient (Wildman–Crippen LogP) is 2.13. The molecule has 0 bridgehead atoms. The van der Waals surface area contributed by atoms with Crippen molar-refractivity contribution in [3.05, 3.63) is 53.6 Å². The topological polar surface area (TPSA) is 126 Å². The van der Waals surface area contributed by atoms with E-state index in [-0.39, 0.29) is 24.4 Å². The quantitative estimate of drug-likeness (QED) is 0.401. The molecule has 0 saturated carbocycles. The molecular formula is C20H23F3N4O5S. The first kappa shape index (κ1) is 25.9. The molecule has 0 aliphatic carbocycles. The van der Waals surface area contributed by atoms with Gasteiger partial charge in [0.15, 0.2) is 0 Å². The van der Waals surface area contributed by atoms with Gasteiger partial charge in [-0.1, -0.05) is 17.7 Å². The van der Waals surface area contributed by atoms with E-state index in [0.29, 0.717) is 0 Å². The molecule has 0 aromatic heterocycles. The average Bonchev–Trinajstić information content (AvgIpc) is 2.70. The summed E-state index contributed by atoms with van der Waals surface area (Å²) in [5.41, 5.74) is 7.18. The molecule has 0 heterocycles. The first-order chi connectivity index (χ1) is 15.4. The number of sulfonamides is 1. The van der Waals surface area contributed by atoms with Crippen LogP contribution >= 0.6 is 0 Å². The van der Waals surface area contributed by atoms with E-state index >= 15 is 0 Å². The van der Waals surface area contributed by atoms with Crippen LogP contribution in [0.3, 0.4) is 0 Å². The molecule has 2 rings (SSSR count). The molecule has 4 N–H and O–H groups in total. The van der Waals surface area contributed by atoms with Gasteiger partial charge in [-0.05, 0) is 49.7 Å². The molecule has 180 valence electrons. The zero-order valence-electron chi connectivity index (χ0n) is 17.7. The summed E-state index contributed by atoms with van der Waals surface area (Å²) in [4.78, 5) is 23.4. The van der Waals surface area contributed by atoms with Crippen LogP contribution in [0, 0.1) is 13.8 Å². The van der Waals surface area contributed by atoms with E-state index in [1.165, 1.54) is 0 Å². The summed E-state index contributed by atoms with van der Waals surface area (Å²) in [5, 5.41) is 2.93. The SMILES string of the molecule is Cc1ccc(NCC(=O)NNC(=O)CCNS(=O)(=O)c2ccc(OC(F)(F)F)cc2)c(C)c1. The predicted molar refractivity (Wildman–Crippen MR) is 114 cm³/mol. The maximum Gasteiger partial charge on any atom is 0.573 e. The third-order valence-electron chi connectivity index (χ3n) is 4.17. The Morgan fingerprint density at radius 2 is 1.61 bits per heavy atom. The van der Waals surface area contributed by atoms with E-state index in [1.807, 2.05) is 32.0 Å². The van der Waals surface area contributed by atoms with Gasteiger partial charge in [-0.25, -0.2) is 13.1 Å². The molecule has 13 heteroatoms. The second-order valence-electron chi connectivity index (χ2n) is 6.94. The van der Waals surface area contributed by atoms with Crippen LogP contribution in [-0.2, 0) is 19.6 Å². The number of hydrogen-bond acceptors (Lipinski definition) is 6. The Kier molecular flexibility index (Phi) is 8.65. The van der Waals surface area contributed by atoms with Gasteiger partial charge in [0, 0.05) is 18.7 Å². The molecule has 2 amide bonds.